The van der Waals surface area contributed by atoms with Gasteiger partial charge in [-0.25, -0.2) is 0 Å². The van der Waals surface area contributed by atoms with E-state index < -0.39 is 12.1 Å². The van der Waals surface area contributed by atoms with Crippen molar-refractivity contribution in [3.05, 3.63) is 12.7 Å². The average Bonchev–Trinajstić information content (AvgIpc) is 2.00. The first-order valence-corrected chi connectivity index (χ1v) is 4.33. The van der Waals surface area contributed by atoms with Crippen LogP contribution >= 0.6 is 15.9 Å². The lowest BCUT2D eigenvalue weighted by Gasteiger charge is -2.04. The van der Waals surface area contributed by atoms with Crippen LogP contribution < -0.4 is 0 Å². The van der Waals surface area contributed by atoms with E-state index in [4.69, 9.17) is 5.11 Å². The molecule has 0 aromatic heterocycles. The van der Waals surface area contributed by atoms with Crippen molar-refractivity contribution in [2.45, 2.75) is 12.5 Å². The monoisotopic (exact) mass is 222 g/mol. The fourth-order valence-corrected chi connectivity index (χ4v) is 0.687. The summed E-state index contributed by atoms with van der Waals surface area (Å²) in [5, 5.41) is 9.34. The number of halogens is 1. The summed E-state index contributed by atoms with van der Waals surface area (Å²) in [4.78, 5) is 10.7. The molecule has 64 valence electrons. The first-order valence-electron chi connectivity index (χ1n) is 3.21. The second-order valence-corrected chi connectivity index (χ2v) is 2.63. The van der Waals surface area contributed by atoms with Gasteiger partial charge >= 0.3 is 5.97 Å². The maximum absolute atomic E-state index is 10.7. The Morgan fingerprint density at radius 1 is 1.82 bits per heavy atom. The minimum absolute atomic E-state index is 0.0269. The molecule has 0 spiro atoms. The van der Waals surface area contributed by atoms with E-state index in [1.165, 1.54) is 6.08 Å². The molecule has 0 aliphatic heterocycles. The van der Waals surface area contributed by atoms with Crippen molar-refractivity contribution in [1.29, 1.82) is 0 Å². The van der Waals surface area contributed by atoms with Gasteiger partial charge in [0.2, 0.25) is 0 Å². The third-order valence-electron chi connectivity index (χ3n) is 0.943. The predicted molar refractivity (Wildman–Crippen MR) is 45.6 cm³/mol. The molecule has 0 bridgehead atoms. The highest BCUT2D eigenvalue weighted by atomic mass is 79.9. The Hall–Kier alpha value is -0.350. The zero-order chi connectivity index (χ0) is 8.69. The Bertz CT molecular complexity index is 136. The van der Waals surface area contributed by atoms with Crippen molar-refractivity contribution < 1.29 is 14.6 Å². The second-order valence-electron chi connectivity index (χ2n) is 1.98. The first-order chi connectivity index (χ1) is 5.20. The second kappa shape index (κ2) is 6.37. The number of rotatable bonds is 5. The molecular formula is C7H11BrO3. The van der Waals surface area contributed by atoms with E-state index in [1.807, 2.05) is 0 Å². The van der Waals surface area contributed by atoms with Crippen molar-refractivity contribution in [3.63, 3.8) is 0 Å². The molecule has 0 fully saturated rings. The lowest BCUT2D eigenvalue weighted by Crippen LogP contribution is -2.16. The van der Waals surface area contributed by atoms with Crippen molar-refractivity contribution in [2.24, 2.45) is 0 Å². The van der Waals surface area contributed by atoms with Crippen LogP contribution in [0.4, 0.5) is 0 Å². The summed E-state index contributed by atoms with van der Waals surface area (Å²) in [5.74, 6) is -0.406. The largest absolute Gasteiger partial charge is 0.461 e. The SMILES string of the molecule is C=CCOC(=O)CC(O)CBr. The van der Waals surface area contributed by atoms with Gasteiger partial charge in [0.25, 0.3) is 0 Å². The number of hydrogen-bond donors (Lipinski definition) is 1. The van der Waals surface area contributed by atoms with Crippen LogP contribution in [0.5, 0.6) is 0 Å². The third kappa shape index (κ3) is 6.06. The highest BCUT2D eigenvalue weighted by Gasteiger charge is 2.09. The Labute approximate surface area is 74.2 Å². The average molecular weight is 223 g/mol. The maximum Gasteiger partial charge on any atom is 0.308 e. The van der Waals surface area contributed by atoms with E-state index in [9.17, 15) is 4.79 Å². The predicted octanol–water partition coefficient (Wildman–Crippen LogP) is 0.861. The van der Waals surface area contributed by atoms with Crippen LogP contribution in [0.2, 0.25) is 0 Å². The third-order valence-corrected chi connectivity index (χ3v) is 1.69. The van der Waals surface area contributed by atoms with Crippen LogP contribution in [0.15, 0.2) is 12.7 Å². The number of esters is 1. The maximum atomic E-state index is 10.7. The van der Waals surface area contributed by atoms with Gasteiger partial charge in [0, 0.05) is 5.33 Å². The normalized spacial score (nSPS) is 12.2. The van der Waals surface area contributed by atoms with E-state index in [0.717, 1.165) is 0 Å². The first kappa shape index (κ1) is 10.7. The van der Waals surface area contributed by atoms with E-state index in [1.54, 1.807) is 0 Å². The minimum atomic E-state index is -0.660. The standard InChI is InChI=1S/C7H11BrO3/c1-2-3-11-7(10)4-6(9)5-8/h2,6,9H,1,3-5H2. The number of ether oxygens (including phenoxy) is 1. The fourth-order valence-electron chi connectivity index (χ4n) is 0.458. The van der Waals surface area contributed by atoms with Gasteiger partial charge in [0.1, 0.15) is 6.61 Å². The molecule has 0 aromatic rings. The summed E-state index contributed by atoms with van der Waals surface area (Å²) in [6.45, 7) is 3.59. The summed E-state index contributed by atoms with van der Waals surface area (Å²) in [6, 6.07) is 0. The molecule has 0 aliphatic rings. The molecular weight excluding hydrogens is 212 g/mol. The highest BCUT2D eigenvalue weighted by molar-refractivity contribution is 9.09. The van der Waals surface area contributed by atoms with Crippen LogP contribution in [0.3, 0.4) is 0 Å². The summed E-state index contributed by atoms with van der Waals surface area (Å²) < 4.78 is 4.63. The van der Waals surface area contributed by atoms with Gasteiger partial charge in [-0.3, -0.25) is 4.79 Å². The lowest BCUT2D eigenvalue weighted by atomic mass is 10.3. The topological polar surface area (TPSA) is 46.5 Å². The number of aliphatic hydroxyl groups excluding tert-OH is 1. The molecule has 3 nitrogen and oxygen atoms in total. The van der Waals surface area contributed by atoms with E-state index in [-0.39, 0.29) is 13.0 Å². The van der Waals surface area contributed by atoms with Gasteiger partial charge in [0.15, 0.2) is 0 Å². The van der Waals surface area contributed by atoms with Crippen LogP contribution in [-0.4, -0.2) is 29.1 Å². The molecule has 4 heteroatoms. The van der Waals surface area contributed by atoms with Crippen LogP contribution in [-0.2, 0) is 9.53 Å². The fraction of sp³-hybridized carbons (Fsp3) is 0.571. The van der Waals surface area contributed by atoms with Crippen LogP contribution in [0.25, 0.3) is 0 Å². The van der Waals surface area contributed by atoms with Crippen molar-refractivity contribution in [1.82, 2.24) is 0 Å². The molecule has 0 radical (unpaired) electrons. The Morgan fingerprint density at radius 3 is 2.91 bits per heavy atom. The summed E-state index contributed by atoms with van der Waals surface area (Å²) in [5.41, 5.74) is 0. The highest BCUT2D eigenvalue weighted by Crippen LogP contribution is 1.98. The quantitative estimate of drug-likeness (QED) is 0.427. The van der Waals surface area contributed by atoms with Crippen molar-refractivity contribution in [2.75, 3.05) is 11.9 Å². The summed E-state index contributed by atoms with van der Waals surface area (Å²) in [6.07, 6.45) is 0.852. The Balaban J connectivity index is 3.43. The van der Waals surface area contributed by atoms with Gasteiger partial charge < -0.3 is 9.84 Å². The van der Waals surface area contributed by atoms with Gasteiger partial charge in [0.05, 0.1) is 12.5 Å². The Kier molecular flexibility index (Phi) is 6.16. The van der Waals surface area contributed by atoms with Gasteiger partial charge in [-0.15, -0.1) is 0 Å². The minimum Gasteiger partial charge on any atom is -0.461 e. The number of hydrogen-bond acceptors (Lipinski definition) is 3. The van der Waals surface area contributed by atoms with Gasteiger partial charge in [-0.1, -0.05) is 28.6 Å². The summed E-state index contributed by atoms with van der Waals surface area (Å²) >= 11 is 3.03. The zero-order valence-electron chi connectivity index (χ0n) is 6.12. The molecule has 0 rings (SSSR count). The molecule has 1 unspecified atom stereocenters. The molecule has 0 saturated heterocycles. The van der Waals surface area contributed by atoms with E-state index in [2.05, 4.69) is 27.2 Å². The molecule has 0 aliphatic carbocycles. The molecule has 1 N–H and O–H groups in total. The van der Waals surface area contributed by atoms with Crippen LogP contribution in [0.1, 0.15) is 6.42 Å². The Morgan fingerprint density at radius 2 is 2.45 bits per heavy atom. The molecule has 11 heavy (non-hydrogen) atoms. The zero-order valence-corrected chi connectivity index (χ0v) is 7.71. The molecule has 0 aromatic carbocycles. The van der Waals surface area contributed by atoms with E-state index in [0.29, 0.717) is 5.33 Å². The summed E-state index contributed by atoms with van der Waals surface area (Å²) in [7, 11) is 0. The lowest BCUT2D eigenvalue weighted by molar-refractivity contribution is -0.144. The van der Waals surface area contributed by atoms with Gasteiger partial charge in [-0.05, 0) is 0 Å². The number of aliphatic hydroxyl groups is 1. The van der Waals surface area contributed by atoms with E-state index >= 15 is 0 Å². The number of alkyl halides is 1. The smallest absolute Gasteiger partial charge is 0.308 e. The molecule has 1 atom stereocenters. The molecule has 0 saturated carbocycles. The number of carbonyl (C=O) groups excluding carboxylic acids is 1. The van der Waals surface area contributed by atoms with Gasteiger partial charge in [-0.2, -0.15) is 0 Å². The number of carbonyl (C=O) groups is 1. The van der Waals surface area contributed by atoms with Crippen molar-refractivity contribution in [3.8, 4) is 0 Å². The molecule has 0 amide bonds. The van der Waals surface area contributed by atoms with Crippen molar-refractivity contribution >= 4 is 21.9 Å². The van der Waals surface area contributed by atoms with Crippen LogP contribution in [0, 0.1) is 0 Å². The molecule has 0 heterocycles.